The van der Waals surface area contributed by atoms with Crippen molar-refractivity contribution in [2.24, 2.45) is 0 Å². The lowest BCUT2D eigenvalue weighted by Crippen LogP contribution is -2.31. The van der Waals surface area contributed by atoms with Crippen molar-refractivity contribution < 1.29 is 4.39 Å². The molecule has 1 aromatic carbocycles. The van der Waals surface area contributed by atoms with Crippen molar-refractivity contribution in [3.63, 3.8) is 0 Å². The van der Waals surface area contributed by atoms with Gasteiger partial charge in [-0.05, 0) is 38.2 Å². The molecule has 1 saturated heterocycles. The molecular weight excluding hydrogens is 217 g/mol. The first-order chi connectivity index (χ1) is 8.06. The number of nitrogens with two attached hydrogens (primary N) is 1. The van der Waals surface area contributed by atoms with E-state index in [0.29, 0.717) is 6.04 Å². The van der Waals surface area contributed by atoms with E-state index in [4.69, 9.17) is 5.73 Å². The Morgan fingerprint density at radius 2 is 2.24 bits per heavy atom. The van der Waals surface area contributed by atoms with E-state index in [0.717, 1.165) is 25.2 Å². The molecule has 94 valence electrons. The number of halogens is 1. The second-order valence-corrected chi connectivity index (χ2v) is 5.00. The average Bonchev–Trinajstić information content (AvgIpc) is 2.72. The smallest absolute Gasteiger partial charge is 0.146 e. The number of rotatable bonds is 3. The van der Waals surface area contributed by atoms with E-state index >= 15 is 0 Å². The molecule has 2 rings (SSSR count). The topological polar surface area (TPSA) is 32.5 Å². The van der Waals surface area contributed by atoms with Crippen molar-refractivity contribution in [1.29, 1.82) is 0 Å². The maximum Gasteiger partial charge on any atom is 0.146 e. The molecule has 0 amide bonds. The van der Waals surface area contributed by atoms with Gasteiger partial charge in [0.05, 0.1) is 5.69 Å². The number of hydrogen-bond donors (Lipinski definition) is 1. The minimum absolute atomic E-state index is 0.223. The zero-order valence-corrected chi connectivity index (χ0v) is 10.5. The Bertz CT molecular complexity index is 392. The van der Waals surface area contributed by atoms with Crippen molar-refractivity contribution in [2.45, 2.75) is 19.0 Å². The lowest BCUT2D eigenvalue weighted by molar-refractivity contribution is 0.264. The fourth-order valence-corrected chi connectivity index (χ4v) is 2.30. The van der Waals surface area contributed by atoms with E-state index in [1.54, 1.807) is 12.1 Å². The molecule has 0 saturated carbocycles. The predicted octanol–water partition coefficient (Wildman–Crippen LogP) is 1.54. The summed E-state index contributed by atoms with van der Waals surface area (Å²) in [6, 6.07) is 5.71. The van der Waals surface area contributed by atoms with E-state index in [-0.39, 0.29) is 11.5 Å². The van der Waals surface area contributed by atoms with Crippen LogP contribution >= 0.6 is 0 Å². The van der Waals surface area contributed by atoms with Crippen LogP contribution in [0.25, 0.3) is 0 Å². The zero-order chi connectivity index (χ0) is 12.4. The predicted molar refractivity (Wildman–Crippen MR) is 68.2 cm³/mol. The normalized spacial score (nSPS) is 21.3. The van der Waals surface area contributed by atoms with Gasteiger partial charge in [-0.15, -0.1) is 0 Å². The SMILES string of the molecule is CN(C)C1CCN(Cc2ccc(N)c(F)c2)C1. The third-order valence-corrected chi connectivity index (χ3v) is 3.45. The van der Waals surface area contributed by atoms with Crippen LogP contribution in [0.4, 0.5) is 10.1 Å². The number of nitrogen functional groups attached to an aromatic ring is 1. The summed E-state index contributed by atoms with van der Waals surface area (Å²) >= 11 is 0. The number of hydrogen-bond acceptors (Lipinski definition) is 3. The first kappa shape index (κ1) is 12.3. The molecule has 1 unspecified atom stereocenters. The average molecular weight is 237 g/mol. The Morgan fingerprint density at radius 1 is 1.47 bits per heavy atom. The summed E-state index contributed by atoms with van der Waals surface area (Å²) in [6.45, 7) is 2.94. The Labute approximate surface area is 102 Å². The highest BCUT2D eigenvalue weighted by molar-refractivity contribution is 5.41. The molecule has 1 aromatic rings. The molecule has 4 heteroatoms. The summed E-state index contributed by atoms with van der Waals surface area (Å²) in [6.07, 6.45) is 1.18. The van der Waals surface area contributed by atoms with Gasteiger partial charge in [0.1, 0.15) is 5.82 Å². The Kier molecular flexibility index (Phi) is 3.64. The second kappa shape index (κ2) is 5.02. The summed E-state index contributed by atoms with van der Waals surface area (Å²) < 4.78 is 13.3. The summed E-state index contributed by atoms with van der Waals surface area (Å²) in [5.74, 6) is -0.314. The van der Waals surface area contributed by atoms with Crippen molar-refractivity contribution >= 4 is 5.69 Å². The Balaban J connectivity index is 1.96. The maximum absolute atomic E-state index is 13.3. The third-order valence-electron chi connectivity index (χ3n) is 3.45. The fraction of sp³-hybridized carbons (Fsp3) is 0.538. The highest BCUT2D eigenvalue weighted by Crippen LogP contribution is 2.18. The monoisotopic (exact) mass is 237 g/mol. The van der Waals surface area contributed by atoms with Crippen LogP contribution in [0.5, 0.6) is 0 Å². The summed E-state index contributed by atoms with van der Waals surface area (Å²) in [4.78, 5) is 4.61. The molecule has 1 heterocycles. The first-order valence-corrected chi connectivity index (χ1v) is 5.99. The zero-order valence-electron chi connectivity index (χ0n) is 10.5. The van der Waals surface area contributed by atoms with Gasteiger partial charge in [-0.1, -0.05) is 6.07 Å². The van der Waals surface area contributed by atoms with Crippen LogP contribution < -0.4 is 5.73 Å². The van der Waals surface area contributed by atoms with Crippen LogP contribution in [-0.2, 0) is 6.54 Å². The van der Waals surface area contributed by atoms with Gasteiger partial charge >= 0.3 is 0 Å². The summed E-state index contributed by atoms with van der Waals surface area (Å²) in [7, 11) is 4.22. The lowest BCUT2D eigenvalue weighted by atomic mass is 10.2. The van der Waals surface area contributed by atoms with Crippen molar-refractivity contribution in [2.75, 3.05) is 32.9 Å². The standard InChI is InChI=1S/C13H20FN3/c1-16(2)11-5-6-17(9-11)8-10-3-4-13(15)12(14)7-10/h3-4,7,11H,5-6,8-9,15H2,1-2H3. The van der Waals surface area contributed by atoms with Gasteiger partial charge in [0.15, 0.2) is 0 Å². The van der Waals surface area contributed by atoms with Gasteiger partial charge in [0.2, 0.25) is 0 Å². The summed E-state index contributed by atoms with van der Waals surface area (Å²) in [5.41, 5.74) is 6.68. The molecule has 1 fully saturated rings. The van der Waals surface area contributed by atoms with Crippen molar-refractivity contribution in [1.82, 2.24) is 9.80 Å². The molecule has 2 N–H and O–H groups in total. The molecule has 0 bridgehead atoms. The van der Waals surface area contributed by atoms with Crippen molar-refractivity contribution in [3.8, 4) is 0 Å². The quantitative estimate of drug-likeness (QED) is 0.809. The van der Waals surface area contributed by atoms with Gasteiger partial charge < -0.3 is 10.6 Å². The molecule has 0 spiro atoms. The third kappa shape index (κ3) is 2.96. The van der Waals surface area contributed by atoms with E-state index in [2.05, 4.69) is 23.9 Å². The largest absolute Gasteiger partial charge is 0.396 e. The van der Waals surface area contributed by atoms with E-state index in [9.17, 15) is 4.39 Å². The molecule has 0 aliphatic carbocycles. The minimum atomic E-state index is -0.314. The maximum atomic E-state index is 13.3. The highest BCUT2D eigenvalue weighted by atomic mass is 19.1. The van der Waals surface area contributed by atoms with E-state index in [1.807, 2.05) is 6.07 Å². The number of likely N-dealkylation sites (N-methyl/N-ethyl adjacent to an activating group) is 1. The molecule has 1 atom stereocenters. The van der Waals surface area contributed by atoms with Gasteiger partial charge in [-0.2, -0.15) is 0 Å². The molecular formula is C13H20FN3. The summed E-state index contributed by atoms with van der Waals surface area (Å²) in [5, 5.41) is 0. The van der Waals surface area contributed by atoms with Crippen molar-refractivity contribution in [3.05, 3.63) is 29.6 Å². The Hall–Kier alpha value is -1.13. The molecule has 17 heavy (non-hydrogen) atoms. The molecule has 0 aromatic heterocycles. The number of benzene rings is 1. The van der Waals surface area contributed by atoms with E-state index < -0.39 is 0 Å². The second-order valence-electron chi connectivity index (χ2n) is 5.00. The van der Waals surface area contributed by atoms with Crippen LogP contribution in [0.3, 0.4) is 0 Å². The van der Waals surface area contributed by atoms with E-state index in [1.165, 1.54) is 6.42 Å². The minimum Gasteiger partial charge on any atom is -0.396 e. The number of anilines is 1. The molecule has 1 aliphatic heterocycles. The number of nitrogens with zero attached hydrogens (tertiary/aromatic N) is 2. The van der Waals surface area contributed by atoms with Gasteiger partial charge in [-0.25, -0.2) is 4.39 Å². The van der Waals surface area contributed by atoms with Crippen LogP contribution in [0.1, 0.15) is 12.0 Å². The van der Waals surface area contributed by atoms with Crippen LogP contribution in [0.2, 0.25) is 0 Å². The molecule has 1 aliphatic rings. The van der Waals surface area contributed by atoms with Gasteiger partial charge in [0, 0.05) is 25.7 Å². The van der Waals surface area contributed by atoms with Gasteiger partial charge in [-0.3, -0.25) is 4.90 Å². The first-order valence-electron chi connectivity index (χ1n) is 5.99. The highest BCUT2D eigenvalue weighted by Gasteiger charge is 2.23. The number of likely N-dealkylation sites (tertiary alicyclic amines) is 1. The van der Waals surface area contributed by atoms with Crippen LogP contribution in [0, 0.1) is 5.82 Å². The van der Waals surface area contributed by atoms with Crippen LogP contribution in [0.15, 0.2) is 18.2 Å². The van der Waals surface area contributed by atoms with Gasteiger partial charge in [0.25, 0.3) is 0 Å². The van der Waals surface area contributed by atoms with Crippen LogP contribution in [-0.4, -0.2) is 43.0 Å². The molecule has 3 nitrogen and oxygen atoms in total. The lowest BCUT2D eigenvalue weighted by Gasteiger charge is -2.20. The Morgan fingerprint density at radius 3 is 2.82 bits per heavy atom. The molecule has 0 radical (unpaired) electrons. The fourth-order valence-electron chi connectivity index (χ4n) is 2.30.